The maximum Gasteiger partial charge on any atom is 0.220 e. The average Bonchev–Trinajstić information content (AvgIpc) is 3.33. The van der Waals surface area contributed by atoms with Crippen molar-refractivity contribution in [2.75, 3.05) is 6.61 Å². The topological polar surface area (TPSA) is 69.6 Å². The van der Waals surface area contributed by atoms with Crippen LogP contribution in [-0.4, -0.2) is 34.9 Å². The Morgan fingerprint density at radius 2 is 0.672 bits per heavy atom. The van der Waals surface area contributed by atoms with Gasteiger partial charge in [-0.25, -0.2) is 0 Å². The van der Waals surface area contributed by atoms with Gasteiger partial charge in [0.2, 0.25) is 5.91 Å². The predicted molar refractivity (Wildman–Crippen MR) is 299 cm³/mol. The molecule has 0 aromatic rings. The first kappa shape index (κ1) is 64.0. The van der Waals surface area contributed by atoms with Crippen LogP contribution in [0.1, 0.15) is 264 Å². The number of hydrogen-bond acceptors (Lipinski definition) is 3. The number of rotatable bonds is 51. The predicted octanol–water partition coefficient (Wildman–Crippen LogP) is 19.1. The summed E-state index contributed by atoms with van der Waals surface area (Å²) >= 11 is 0. The number of aliphatic hydroxyl groups excluding tert-OH is 2. The summed E-state index contributed by atoms with van der Waals surface area (Å²) in [6.45, 7) is 4.19. The van der Waals surface area contributed by atoms with E-state index in [0.29, 0.717) is 6.42 Å². The van der Waals surface area contributed by atoms with Gasteiger partial charge in [-0.2, -0.15) is 0 Å². The van der Waals surface area contributed by atoms with Crippen molar-refractivity contribution in [3.8, 4) is 0 Å². The second-order valence-electron chi connectivity index (χ2n) is 19.0. The van der Waals surface area contributed by atoms with Gasteiger partial charge in [-0.1, -0.05) is 277 Å². The van der Waals surface area contributed by atoms with Crippen molar-refractivity contribution in [2.45, 2.75) is 276 Å². The van der Waals surface area contributed by atoms with Crippen LogP contribution < -0.4 is 5.32 Å². The monoisotopic (exact) mass is 928 g/mol. The second-order valence-corrected chi connectivity index (χ2v) is 19.0. The Bertz CT molecular complexity index is 1280. The fourth-order valence-corrected chi connectivity index (χ4v) is 8.18. The number of hydrogen-bond donors (Lipinski definition) is 3. The molecule has 0 aliphatic heterocycles. The molecule has 0 aromatic carbocycles. The highest BCUT2D eigenvalue weighted by atomic mass is 16.3. The lowest BCUT2D eigenvalue weighted by molar-refractivity contribution is -0.123. The SMILES string of the molecule is CC/C=C\C/C=C\C/C=C\C/C=C\C/C=C\C/C=C\C/C=C\CCCCCCCCCCCCCCCCCC(=O)NC(CO)C(O)/C=C/CC/C=C/CCCCCCCCCCCCCC. The standard InChI is InChI=1S/C63H109NO3/c1-3-5-7-9-11-13-15-17-19-21-23-24-25-26-27-28-29-30-31-32-33-34-35-36-37-38-39-40-41-43-45-47-49-51-53-55-57-59-63(67)64-61(60-65)62(66)58-56-54-52-50-48-46-44-42-22-20-18-16-14-12-10-8-6-4-2/h5,7,11,13,17,19,23-24,26-27,29-30,32-33,48,50,56,58,61-62,65-66H,3-4,6,8-10,12,14-16,18,20-22,25,28,31,34-47,49,51-55,57,59-60H2,1-2H3,(H,64,67)/b7-5-,13-11-,19-17-,24-23-,27-26-,30-29-,33-32-,50-48+,58-56+. The van der Waals surface area contributed by atoms with Crippen molar-refractivity contribution < 1.29 is 15.0 Å². The number of carbonyl (C=O) groups is 1. The molecule has 1 amide bonds. The van der Waals surface area contributed by atoms with Crippen LogP contribution in [-0.2, 0) is 4.79 Å². The minimum absolute atomic E-state index is 0.0761. The third-order valence-electron chi connectivity index (χ3n) is 12.5. The maximum absolute atomic E-state index is 12.5. The van der Waals surface area contributed by atoms with Crippen LogP contribution in [0.3, 0.4) is 0 Å². The molecule has 0 bridgehead atoms. The molecule has 67 heavy (non-hydrogen) atoms. The summed E-state index contributed by atoms with van der Waals surface area (Å²) < 4.78 is 0. The zero-order valence-corrected chi connectivity index (χ0v) is 44.1. The van der Waals surface area contributed by atoms with Crippen molar-refractivity contribution in [1.82, 2.24) is 5.32 Å². The number of aliphatic hydroxyl groups is 2. The molecule has 0 aromatic heterocycles. The van der Waals surface area contributed by atoms with Crippen molar-refractivity contribution in [1.29, 1.82) is 0 Å². The highest BCUT2D eigenvalue weighted by molar-refractivity contribution is 5.76. The summed E-state index contributed by atoms with van der Waals surface area (Å²) in [5.41, 5.74) is 0. The lowest BCUT2D eigenvalue weighted by Gasteiger charge is -2.19. The first-order chi connectivity index (χ1) is 33.2. The molecule has 0 rings (SSSR count). The average molecular weight is 929 g/mol. The lowest BCUT2D eigenvalue weighted by atomic mass is 10.0. The molecule has 2 atom stereocenters. The Labute approximate surface area is 416 Å². The third-order valence-corrected chi connectivity index (χ3v) is 12.5. The zero-order valence-electron chi connectivity index (χ0n) is 44.1. The quantitative estimate of drug-likeness (QED) is 0.0420. The van der Waals surface area contributed by atoms with E-state index in [-0.39, 0.29) is 12.5 Å². The van der Waals surface area contributed by atoms with Gasteiger partial charge in [-0.05, 0) is 89.9 Å². The van der Waals surface area contributed by atoms with Gasteiger partial charge in [-0.3, -0.25) is 4.79 Å². The van der Waals surface area contributed by atoms with Crippen LogP contribution in [0, 0.1) is 0 Å². The van der Waals surface area contributed by atoms with Gasteiger partial charge >= 0.3 is 0 Å². The summed E-state index contributed by atoms with van der Waals surface area (Å²) in [7, 11) is 0. The van der Waals surface area contributed by atoms with E-state index in [1.807, 2.05) is 6.08 Å². The van der Waals surface area contributed by atoms with Gasteiger partial charge in [0.1, 0.15) is 0 Å². The third kappa shape index (κ3) is 53.9. The Hall–Kier alpha value is -2.95. The Morgan fingerprint density at radius 1 is 0.373 bits per heavy atom. The summed E-state index contributed by atoms with van der Waals surface area (Å²) in [4.78, 5) is 12.5. The Kier molecular flexibility index (Phi) is 54.8. The summed E-state index contributed by atoms with van der Waals surface area (Å²) in [5, 5.41) is 23.1. The zero-order chi connectivity index (χ0) is 48.5. The normalized spacial score (nSPS) is 13.7. The van der Waals surface area contributed by atoms with E-state index in [1.165, 1.54) is 167 Å². The highest BCUT2D eigenvalue weighted by Crippen LogP contribution is 2.16. The summed E-state index contributed by atoms with van der Waals surface area (Å²) in [5.74, 6) is -0.0761. The van der Waals surface area contributed by atoms with E-state index in [2.05, 4.69) is 116 Å². The Morgan fingerprint density at radius 3 is 1.04 bits per heavy atom. The van der Waals surface area contributed by atoms with Gasteiger partial charge in [0.05, 0.1) is 18.8 Å². The number of carbonyl (C=O) groups excluding carboxylic acids is 1. The van der Waals surface area contributed by atoms with Crippen molar-refractivity contribution in [3.63, 3.8) is 0 Å². The lowest BCUT2D eigenvalue weighted by Crippen LogP contribution is -2.45. The van der Waals surface area contributed by atoms with Crippen LogP contribution in [0.5, 0.6) is 0 Å². The minimum Gasteiger partial charge on any atom is -0.394 e. The van der Waals surface area contributed by atoms with Crippen molar-refractivity contribution in [3.05, 3.63) is 109 Å². The van der Waals surface area contributed by atoms with E-state index in [1.54, 1.807) is 6.08 Å². The number of unbranched alkanes of at least 4 members (excludes halogenated alkanes) is 28. The van der Waals surface area contributed by atoms with Gasteiger partial charge < -0.3 is 15.5 Å². The molecule has 2 unspecified atom stereocenters. The van der Waals surface area contributed by atoms with E-state index < -0.39 is 12.1 Å². The molecule has 4 heteroatoms. The molecule has 0 aliphatic rings. The fourth-order valence-electron chi connectivity index (χ4n) is 8.18. The van der Waals surface area contributed by atoms with Crippen molar-refractivity contribution in [2.24, 2.45) is 0 Å². The van der Waals surface area contributed by atoms with Crippen LogP contribution >= 0.6 is 0 Å². The molecule has 0 radical (unpaired) electrons. The van der Waals surface area contributed by atoms with Gasteiger partial charge in [0.25, 0.3) is 0 Å². The summed E-state index contributed by atoms with van der Waals surface area (Å²) in [6, 6.07) is -0.645. The highest BCUT2D eigenvalue weighted by Gasteiger charge is 2.18. The molecule has 0 saturated carbocycles. The van der Waals surface area contributed by atoms with E-state index in [0.717, 1.165) is 77.0 Å². The molecule has 4 nitrogen and oxygen atoms in total. The summed E-state index contributed by atoms with van der Waals surface area (Å²) in [6.07, 6.45) is 86.8. The van der Waals surface area contributed by atoms with E-state index in [9.17, 15) is 15.0 Å². The molecule has 0 spiro atoms. The molecule has 0 saturated heterocycles. The first-order valence-electron chi connectivity index (χ1n) is 28.6. The largest absolute Gasteiger partial charge is 0.394 e. The molecular formula is C63H109NO3. The van der Waals surface area contributed by atoms with Crippen LogP contribution in [0.4, 0.5) is 0 Å². The van der Waals surface area contributed by atoms with E-state index >= 15 is 0 Å². The van der Waals surface area contributed by atoms with Gasteiger partial charge in [-0.15, -0.1) is 0 Å². The second kappa shape index (κ2) is 57.4. The molecular weight excluding hydrogens is 819 g/mol. The fraction of sp³-hybridized carbons (Fsp3) is 0.698. The van der Waals surface area contributed by atoms with Crippen LogP contribution in [0.15, 0.2) is 109 Å². The molecule has 0 heterocycles. The molecule has 0 aliphatic carbocycles. The molecule has 0 fully saturated rings. The minimum atomic E-state index is -0.867. The van der Waals surface area contributed by atoms with Gasteiger partial charge in [0, 0.05) is 6.42 Å². The number of amides is 1. The van der Waals surface area contributed by atoms with Gasteiger partial charge in [0.15, 0.2) is 0 Å². The molecule has 384 valence electrons. The van der Waals surface area contributed by atoms with Crippen molar-refractivity contribution >= 4 is 5.91 Å². The van der Waals surface area contributed by atoms with E-state index in [4.69, 9.17) is 0 Å². The Balaban J connectivity index is 3.55. The van der Waals surface area contributed by atoms with Crippen LogP contribution in [0.25, 0.3) is 0 Å². The first-order valence-corrected chi connectivity index (χ1v) is 28.6. The smallest absolute Gasteiger partial charge is 0.220 e. The van der Waals surface area contributed by atoms with Crippen LogP contribution in [0.2, 0.25) is 0 Å². The molecule has 3 N–H and O–H groups in total. The maximum atomic E-state index is 12.5. The number of allylic oxidation sites excluding steroid dienone is 17. The number of nitrogens with one attached hydrogen (secondary N) is 1.